The highest BCUT2D eigenvalue weighted by Crippen LogP contribution is 2.38. The van der Waals surface area contributed by atoms with Crippen LogP contribution in [-0.4, -0.2) is 44.0 Å². The highest BCUT2D eigenvalue weighted by atomic mass is 32.2. The summed E-state index contributed by atoms with van der Waals surface area (Å²) in [5.41, 5.74) is 5.68. The van der Waals surface area contributed by atoms with Crippen LogP contribution in [0.4, 0.5) is 0 Å². The Morgan fingerprint density at radius 1 is 1.29 bits per heavy atom. The van der Waals surface area contributed by atoms with Gasteiger partial charge in [-0.15, -0.1) is 0 Å². The molecule has 1 unspecified atom stereocenters. The van der Waals surface area contributed by atoms with E-state index in [1.165, 1.54) is 42.8 Å². The Morgan fingerprint density at radius 2 is 2.06 bits per heavy atom. The fraction of sp³-hybridized carbons (Fsp3) is 0.545. The number of carbonyl (C=O) groups excluding carboxylic acids is 1. The first kappa shape index (κ1) is 21.8. The highest BCUT2D eigenvalue weighted by molar-refractivity contribution is 7.89. The molecule has 1 aromatic carbocycles. The van der Waals surface area contributed by atoms with Crippen molar-refractivity contribution < 1.29 is 22.5 Å². The molecule has 8 nitrogen and oxygen atoms in total. The van der Waals surface area contributed by atoms with Crippen LogP contribution in [-0.2, 0) is 21.2 Å². The molecule has 2 N–H and O–H groups in total. The van der Waals surface area contributed by atoms with Crippen LogP contribution < -0.4 is 10.5 Å². The van der Waals surface area contributed by atoms with Crippen molar-refractivity contribution >= 4 is 15.9 Å². The maximum absolute atomic E-state index is 13.2. The first-order valence-corrected chi connectivity index (χ1v) is 12.2. The molecule has 1 atom stereocenters. The molecule has 2 aromatic rings. The molecule has 1 saturated carbocycles. The molecule has 2 fully saturated rings. The minimum absolute atomic E-state index is 0.0152. The standard InChI is InChI=1S/C22H29N3O5S/c1-29-17-8-5-9-19(12-17)31(27,28)25-11-10-22(15-25,21(23)26)14-18-13-20(24-30-18)16-6-3-2-4-7-16/h5,8-9,12-13,16H,2-4,6-7,10-11,14-15H2,1H3,(H2,23,26). The zero-order chi connectivity index (χ0) is 22.1. The summed E-state index contributed by atoms with van der Waals surface area (Å²) < 4.78 is 38.3. The Kier molecular flexibility index (Phi) is 6.07. The van der Waals surface area contributed by atoms with Gasteiger partial charge < -0.3 is 15.0 Å². The molecule has 1 aliphatic carbocycles. The molecule has 1 aromatic heterocycles. The number of carbonyl (C=O) groups is 1. The number of amides is 1. The highest BCUT2D eigenvalue weighted by Gasteiger charge is 2.48. The Hall–Kier alpha value is -2.39. The Balaban J connectivity index is 1.53. The van der Waals surface area contributed by atoms with Gasteiger partial charge >= 0.3 is 0 Å². The average Bonchev–Trinajstić information content (AvgIpc) is 3.43. The lowest BCUT2D eigenvalue weighted by molar-refractivity contribution is -0.127. The van der Waals surface area contributed by atoms with E-state index < -0.39 is 21.3 Å². The number of nitrogens with two attached hydrogens (primary N) is 1. The smallest absolute Gasteiger partial charge is 0.243 e. The number of methoxy groups -OCH3 is 1. The molecule has 1 amide bonds. The summed E-state index contributed by atoms with van der Waals surface area (Å²) >= 11 is 0. The molecule has 0 spiro atoms. The number of primary amides is 1. The Bertz CT molecular complexity index is 1040. The summed E-state index contributed by atoms with van der Waals surface area (Å²) in [6.45, 7) is 0.230. The molecule has 0 radical (unpaired) electrons. The maximum Gasteiger partial charge on any atom is 0.243 e. The lowest BCUT2D eigenvalue weighted by Crippen LogP contribution is -2.42. The second kappa shape index (κ2) is 8.63. The van der Waals surface area contributed by atoms with Crippen molar-refractivity contribution in [1.82, 2.24) is 9.46 Å². The maximum atomic E-state index is 13.2. The van der Waals surface area contributed by atoms with Gasteiger partial charge in [-0.2, -0.15) is 4.31 Å². The van der Waals surface area contributed by atoms with E-state index in [1.807, 2.05) is 6.07 Å². The first-order valence-electron chi connectivity index (χ1n) is 10.7. The van der Waals surface area contributed by atoms with Crippen LogP contribution in [0.5, 0.6) is 5.75 Å². The van der Waals surface area contributed by atoms with Crippen LogP contribution in [0.2, 0.25) is 0 Å². The Labute approximate surface area is 182 Å². The zero-order valence-corrected chi connectivity index (χ0v) is 18.6. The van der Waals surface area contributed by atoms with Crippen molar-refractivity contribution in [2.24, 2.45) is 11.1 Å². The summed E-state index contributed by atoms with van der Waals surface area (Å²) in [7, 11) is -2.30. The van der Waals surface area contributed by atoms with Crippen molar-refractivity contribution in [1.29, 1.82) is 0 Å². The molecule has 168 valence electrons. The lowest BCUT2D eigenvalue weighted by Gasteiger charge is -2.24. The zero-order valence-electron chi connectivity index (χ0n) is 17.7. The first-order chi connectivity index (χ1) is 14.8. The third-order valence-electron chi connectivity index (χ3n) is 6.63. The van der Waals surface area contributed by atoms with E-state index in [9.17, 15) is 13.2 Å². The van der Waals surface area contributed by atoms with Crippen LogP contribution in [0.25, 0.3) is 0 Å². The lowest BCUT2D eigenvalue weighted by atomic mass is 9.81. The van der Waals surface area contributed by atoms with Gasteiger partial charge in [0.1, 0.15) is 11.5 Å². The SMILES string of the molecule is COc1cccc(S(=O)(=O)N2CCC(Cc3cc(C4CCCCC4)no3)(C(N)=O)C2)c1. The van der Waals surface area contributed by atoms with Crippen molar-refractivity contribution in [3.8, 4) is 5.75 Å². The molecule has 9 heteroatoms. The van der Waals surface area contributed by atoms with Gasteiger partial charge in [0, 0.05) is 37.6 Å². The summed E-state index contributed by atoms with van der Waals surface area (Å²) in [6.07, 6.45) is 6.41. The second-order valence-electron chi connectivity index (χ2n) is 8.64. The summed E-state index contributed by atoms with van der Waals surface area (Å²) in [6, 6.07) is 8.23. The minimum atomic E-state index is -3.78. The summed E-state index contributed by atoms with van der Waals surface area (Å²) in [5.74, 6) is 0.911. The third kappa shape index (κ3) is 4.34. The molecular formula is C22H29N3O5S. The van der Waals surface area contributed by atoms with Crippen LogP contribution in [0.1, 0.15) is 55.9 Å². The molecule has 31 heavy (non-hydrogen) atoms. The van der Waals surface area contributed by atoms with Gasteiger partial charge in [0.15, 0.2) is 0 Å². The van der Waals surface area contributed by atoms with E-state index in [0.717, 1.165) is 18.5 Å². The number of sulfonamides is 1. The van der Waals surface area contributed by atoms with Gasteiger partial charge in [-0.1, -0.05) is 30.5 Å². The molecular weight excluding hydrogens is 418 g/mol. The predicted molar refractivity (Wildman–Crippen MR) is 114 cm³/mol. The van der Waals surface area contributed by atoms with Crippen LogP contribution >= 0.6 is 0 Å². The topological polar surface area (TPSA) is 116 Å². The van der Waals surface area contributed by atoms with E-state index in [-0.39, 0.29) is 24.4 Å². The fourth-order valence-corrected chi connectivity index (χ4v) is 6.28. The van der Waals surface area contributed by atoms with E-state index >= 15 is 0 Å². The third-order valence-corrected chi connectivity index (χ3v) is 8.47. The number of hydrogen-bond acceptors (Lipinski definition) is 6. The predicted octanol–water partition coefficient (Wildman–Crippen LogP) is 2.84. The van der Waals surface area contributed by atoms with E-state index in [1.54, 1.807) is 12.1 Å². The van der Waals surface area contributed by atoms with Crippen molar-refractivity contribution in [2.75, 3.05) is 20.2 Å². The van der Waals surface area contributed by atoms with Crippen LogP contribution in [0.3, 0.4) is 0 Å². The summed E-state index contributed by atoms with van der Waals surface area (Å²) in [5, 5.41) is 4.23. The van der Waals surface area contributed by atoms with Gasteiger partial charge in [-0.05, 0) is 31.4 Å². The number of rotatable bonds is 7. The van der Waals surface area contributed by atoms with Gasteiger partial charge in [-0.3, -0.25) is 4.79 Å². The van der Waals surface area contributed by atoms with Gasteiger partial charge in [0.05, 0.1) is 23.1 Å². The van der Waals surface area contributed by atoms with Crippen molar-refractivity contribution in [2.45, 2.75) is 55.8 Å². The molecule has 2 aliphatic rings. The summed E-state index contributed by atoms with van der Waals surface area (Å²) in [4.78, 5) is 12.6. The van der Waals surface area contributed by atoms with Gasteiger partial charge in [-0.25, -0.2) is 8.42 Å². The number of aromatic nitrogens is 1. The molecule has 4 rings (SSSR count). The second-order valence-corrected chi connectivity index (χ2v) is 10.6. The van der Waals surface area contributed by atoms with E-state index in [0.29, 0.717) is 23.8 Å². The van der Waals surface area contributed by atoms with Crippen LogP contribution in [0.15, 0.2) is 39.8 Å². The molecule has 2 heterocycles. The number of nitrogens with zero attached hydrogens (tertiary/aromatic N) is 2. The Morgan fingerprint density at radius 3 is 2.77 bits per heavy atom. The van der Waals surface area contributed by atoms with Gasteiger partial charge in [0.25, 0.3) is 0 Å². The largest absolute Gasteiger partial charge is 0.497 e. The van der Waals surface area contributed by atoms with Crippen molar-refractivity contribution in [3.05, 3.63) is 41.8 Å². The minimum Gasteiger partial charge on any atom is -0.497 e. The van der Waals surface area contributed by atoms with Crippen molar-refractivity contribution in [3.63, 3.8) is 0 Å². The monoisotopic (exact) mass is 447 g/mol. The number of benzene rings is 1. The van der Waals surface area contributed by atoms with Gasteiger partial charge in [0.2, 0.25) is 15.9 Å². The molecule has 1 saturated heterocycles. The number of hydrogen-bond donors (Lipinski definition) is 1. The van der Waals surface area contributed by atoms with E-state index in [4.69, 9.17) is 15.0 Å². The quantitative estimate of drug-likeness (QED) is 0.698. The van der Waals surface area contributed by atoms with E-state index in [2.05, 4.69) is 5.16 Å². The van der Waals surface area contributed by atoms with Crippen LogP contribution in [0, 0.1) is 5.41 Å². The normalized spacial score (nSPS) is 23.1. The average molecular weight is 448 g/mol. The molecule has 1 aliphatic heterocycles. The fourth-order valence-electron chi connectivity index (χ4n) is 4.72. The molecule has 0 bridgehead atoms. The number of ether oxygens (including phenoxy) is 1.